The Kier molecular flexibility index (Phi) is 3.23. The van der Waals surface area contributed by atoms with Gasteiger partial charge in [-0.15, -0.1) is 0 Å². The van der Waals surface area contributed by atoms with Crippen LogP contribution in [0.3, 0.4) is 0 Å². The van der Waals surface area contributed by atoms with Crippen molar-refractivity contribution in [2.75, 3.05) is 5.32 Å². The third-order valence-electron chi connectivity index (χ3n) is 2.57. The highest BCUT2D eigenvalue weighted by molar-refractivity contribution is 6.03. The Morgan fingerprint density at radius 3 is 2.78 bits per heavy atom. The first-order chi connectivity index (χ1) is 8.61. The minimum atomic E-state index is -1.08. The van der Waals surface area contributed by atoms with E-state index in [0.29, 0.717) is 17.5 Å². The van der Waals surface area contributed by atoms with Gasteiger partial charge in [-0.1, -0.05) is 13.0 Å². The third-order valence-corrected chi connectivity index (χ3v) is 2.57. The van der Waals surface area contributed by atoms with Gasteiger partial charge in [-0.05, 0) is 23.6 Å². The summed E-state index contributed by atoms with van der Waals surface area (Å²) < 4.78 is 0. The number of hydrogen-bond acceptors (Lipinski definition) is 3. The Morgan fingerprint density at radius 1 is 1.33 bits per heavy atom. The summed E-state index contributed by atoms with van der Waals surface area (Å²) in [6.07, 6.45) is 1.83. The molecule has 0 bridgehead atoms. The van der Waals surface area contributed by atoms with Crippen molar-refractivity contribution < 1.29 is 14.7 Å². The molecule has 1 heterocycles. The fraction of sp³-hybridized carbons (Fsp3) is 0.154. The van der Waals surface area contributed by atoms with Gasteiger partial charge in [0.15, 0.2) is 5.69 Å². The molecule has 0 fully saturated rings. The summed E-state index contributed by atoms with van der Waals surface area (Å²) in [7, 11) is 0. The van der Waals surface area contributed by atoms with Gasteiger partial charge in [0.25, 0.3) is 0 Å². The fourth-order valence-electron chi connectivity index (χ4n) is 1.67. The lowest BCUT2D eigenvalue weighted by Crippen LogP contribution is -2.09. The van der Waals surface area contributed by atoms with Crippen molar-refractivity contribution in [3.05, 3.63) is 36.2 Å². The van der Waals surface area contributed by atoms with E-state index in [-0.39, 0.29) is 11.6 Å². The number of hydrogen-bond donors (Lipinski definition) is 2. The van der Waals surface area contributed by atoms with Crippen LogP contribution in [0.1, 0.15) is 23.8 Å². The van der Waals surface area contributed by atoms with Crippen molar-refractivity contribution in [1.82, 2.24) is 4.98 Å². The molecule has 2 aromatic rings. The topological polar surface area (TPSA) is 79.3 Å². The minimum Gasteiger partial charge on any atom is -0.476 e. The van der Waals surface area contributed by atoms with E-state index in [9.17, 15) is 9.59 Å². The SMILES string of the molecule is CCC(=O)Nc1ccc2ccnc(C(=O)O)c2c1. The Bertz CT molecular complexity index is 623. The Balaban J connectivity index is 2.52. The monoisotopic (exact) mass is 244 g/mol. The summed E-state index contributed by atoms with van der Waals surface area (Å²) in [4.78, 5) is 26.2. The summed E-state index contributed by atoms with van der Waals surface area (Å²) >= 11 is 0. The maximum absolute atomic E-state index is 11.3. The van der Waals surface area contributed by atoms with Crippen molar-refractivity contribution in [1.29, 1.82) is 0 Å². The molecule has 5 heteroatoms. The first kappa shape index (κ1) is 12.0. The number of benzene rings is 1. The zero-order chi connectivity index (χ0) is 13.1. The van der Waals surface area contributed by atoms with Gasteiger partial charge in [0.05, 0.1) is 0 Å². The zero-order valence-corrected chi connectivity index (χ0v) is 9.80. The van der Waals surface area contributed by atoms with E-state index in [1.807, 2.05) is 0 Å². The summed E-state index contributed by atoms with van der Waals surface area (Å²) in [6, 6.07) is 6.85. The van der Waals surface area contributed by atoms with Gasteiger partial charge in [0.2, 0.25) is 5.91 Å². The number of nitrogens with one attached hydrogen (secondary N) is 1. The molecule has 0 saturated carbocycles. The maximum Gasteiger partial charge on any atom is 0.355 e. The molecular formula is C13H12N2O3. The Hall–Kier alpha value is -2.43. The average Bonchev–Trinajstić information content (AvgIpc) is 2.37. The number of aromatic carboxylic acids is 1. The number of rotatable bonds is 3. The van der Waals surface area contributed by atoms with E-state index in [0.717, 1.165) is 5.39 Å². The molecule has 0 aliphatic rings. The van der Waals surface area contributed by atoms with Crippen LogP contribution in [0.25, 0.3) is 10.8 Å². The van der Waals surface area contributed by atoms with Crippen molar-refractivity contribution in [2.24, 2.45) is 0 Å². The average molecular weight is 244 g/mol. The second-order valence-electron chi connectivity index (χ2n) is 3.80. The smallest absolute Gasteiger partial charge is 0.355 e. The highest BCUT2D eigenvalue weighted by Gasteiger charge is 2.10. The summed E-state index contributed by atoms with van der Waals surface area (Å²) in [5.41, 5.74) is 0.560. The number of anilines is 1. The molecule has 0 radical (unpaired) electrons. The van der Waals surface area contributed by atoms with Gasteiger partial charge in [-0.2, -0.15) is 0 Å². The van der Waals surface area contributed by atoms with E-state index in [4.69, 9.17) is 5.11 Å². The maximum atomic E-state index is 11.3. The lowest BCUT2D eigenvalue weighted by atomic mass is 10.1. The van der Waals surface area contributed by atoms with Crippen molar-refractivity contribution >= 4 is 28.3 Å². The third kappa shape index (κ3) is 2.29. The van der Waals surface area contributed by atoms with Crippen LogP contribution in [-0.2, 0) is 4.79 Å². The first-order valence-corrected chi connectivity index (χ1v) is 5.53. The van der Waals surface area contributed by atoms with Crippen LogP contribution in [0.2, 0.25) is 0 Å². The van der Waals surface area contributed by atoms with Gasteiger partial charge in [-0.25, -0.2) is 9.78 Å². The van der Waals surface area contributed by atoms with Crippen molar-refractivity contribution in [2.45, 2.75) is 13.3 Å². The summed E-state index contributed by atoms with van der Waals surface area (Å²) in [5.74, 6) is -1.20. The first-order valence-electron chi connectivity index (χ1n) is 5.53. The molecule has 0 spiro atoms. The van der Waals surface area contributed by atoms with E-state index in [1.54, 1.807) is 31.2 Å². The molecule has 2 rings (SSSR count). The van der Waals surface area contributed by atoms with Gasteiger partial charge in [-0.3, -0.25) is 4.79 Å². The van der Waals surface area contributed by atoms with Crippen LogP contribution in [0, 0.1) is 0 Å². The quantitative estimate of drug-likeness (QED) is 0.868. The number of nitrogens with zero attached hydrogens (tertiary/aromatic N) is 1. The molecule has 0 unspecified atom stereocenters. The highest BCUT2D eigenvalue weighted by Crippen LogP contribution is 2.21. The molecule has 0 atom stereocenters. The zero-order valence-electron chi connectivity index (χ0n) is 9.80. The predicted octanol–water partition coefficient (Wildman–Crippen LogP) is 2.28. The molecule has 0 aliphatic carbocycles. The van der Waals surface area contributed by atoms with Gasteiger partial charge in [0.1, 0.15) is 0 Å². The van der Waals surface area contributed by atoms with Gasteiger partial charge >= 0.3 is 5.97 Å². The number of fused-ring (bicyclic) bond motifs is 1. The molecule has 92 valence electrons. The van der Waals surface area contributed by atoms with E-state index in [2.05, 4.69) is 10.3 Å². The van der Waals surface area contributed by atoms with Crippen LogP contribution in [0.15, 0.2) is 30.5 Å². The highest BCUT2D eigenvalue weighted by atomic mass is 16.4. The number of aromatic nitrogens is 1. The van der Waals surface area contributed by atoms with Crippen LogP contribution in [-0.4, -0.2) is 22.0 Å². The molecule has 1 aromatic carbocycles. The van der Waals surface area contributed by atoms with Crippen LogP contribution >= 0.6 is 0 Å². The van der Waals surface area contributed by atoms with Crippen LogP contribution < -0.4 is 5.32 Å². The standard InChI is InChI=1S/C13H12N2O3/c1-2-11(16)15-9-4-3-8-5-6-14-12(13(17)18)10(8)7-9/h3-7H,2H2,1H3,(H,15,16)(H,17,18). The number of pyridine rings is 1. The molecule has 18 heavy (non-hydrogen) atoms. The number of amides is 1. The molecule has 0 saturated heterocycles. The summed E-state index contributed by atoms with van der Waals surface area (Å²) in [5, 5.41) is 13.0. The number of carboxylic acid groups (broad SMARTS) is 1. The van der Waals surface area contributed by atoms with E-state index < -0.39 is 5.97 Å². The van der Waals surface area contributed by atoms with Crippen LogP contribution in [0.4, 0.5) is 5.69 Å². The molecule has 1 amide bonds. The second kappa shape index (κ2) is 4.83. The van der Waals surface area contributed by atoms with Crippen molar-refractivity contribution in [3.63, 3.8) is 0 Å². The molecular weight excluding hydrogens is 232 g/mol. The van der Waals surface area contributed by atoms with Crippen LogP contribution in [0.5, 0.6) is 0 Å². The van der Waals surface area contributed by atoms with Crippen molar-refractivity contribution in [3.8, 4) is 0 Å². The number of carboxylic acids is 1. The molecule has 5 nitrogen and oxygen atoms in total. The van der Waals surface area contributed by atoms with Gasteiger partial charge < -0.3 is 10.4 Å². The predicted molar refractivity (Wildman–Crippen MR) is 67.6 cm³/mol. The molecule has 1 aromatic heterocycles. The molecule has 0 aliphatic heterocycles. The Labute approximate surface area is 103 Å². The summed E-state index contributed by atoms with van der Waals surface area (Å²) in [6.45, 7) is 1.75. The normalized spacial score (nSPS) is 10.3. The second-order valence-corrected chi connectivity index (χ2v) is 3.80. The number of carbonyl (C=O) groups is 2. The number of carbonyl (C=O) groups excluding carboxylic acids is 1. The van der Waals surface area contributed by atoms with Gasteiger partial charge in [0, 0.05) is 23.7 Å². The lowest BCUT2D eigenvalue weighted by Gasteiger charge is -2.06. The lowest BCUT2D eigenvalue weighted by molar-refractivity contribution is -0.115. The van der Waals surface area contributed by atoms with E-state index in [1.165, 1.54) is 6.20 Å². The van der Waals surface area contributed by atoms with E-state index >= 15 is 0 Å². The largest absolute Gasteiger partial charge is 0.476 e. The molecule has 2 N–H and O–H groups in total. The minimum absolute atomic E-state index is 0.0138. The fourth-order valence-corrected chi connectivity index (χ4v) is 1.67. The Morgan fingerprint density at radius 2 is 2.11 bits per heavy atom.